The van der Waals surface area contributed by atoms with Gasteiger partial charge in [-0.3, -0.25) is 9.59 Å². The van der Waals surface area contributed by atoms with Gasteiger partial charge in [0.2, 0.25) is 0 Å². The van der Waals surface area contributed by atoms with Crippen molar-refractivity contribution in [2.45, 2.75) is 161 Å². The van der Waals surface area contributed by atoms with Crippen molar-refractivity contribution in [2.75, 3.05) is 13.2 Å². The van der Waals surface area contributed by atoms with Crippen LogP contribution in [-0.2, 0) is 19.1 Å². The van der Waals surface area contributed by atoms with Gasteiger partial charge in [-0.2, -0.15) is 0 Å². The van der Waals surface area contributed by atoms with Crippen LogP contribution in [-0.4, -0.2) is 36.4 Å². The van der Waals surface area contributed by atoms with Gasteiger partial charge in [0, 0.05) is 12.8 Å². The SMILES string of the molecule is CCCCC/C=C\C/C=C\C/C=C\CCCCCCC(=O)O[C@@H](CO)COC(=O)CCCC/C=C\C/C=C\C/C=C\CCCCC. The lowest BCUT2D eigenvalue weighted by atomic mass is 10.1. The van der Waals surface area contributed by atoms with Crippen LogP contribution in [0.15, 0.2) is 72.9 Å². The maximum atomic E-state index is 12.1. The fourth-order valence-electron chi connectivity index (χ4n) is 4.62. The highest BCUT2D eigenvalue weighted by Crippen LogP contribution is 2.09. The van der Waals surface area contributed by atoms with Crippen LogP contribution in [0.25, 0.3) is 0 Å². The Bertz CT molecular complexity index is 864. The first-order valence-electron chi connectivity index (χ1n) is 18.5. The molecule has 0 aromatic rings. The molecule has 0 unspecified atom stereocenters. The molecule has 46 heavy (non-hydrogen) atoms. The number of aliphatic hydroxyl groups is 1. The van der Waals surface area contributed by atoms with E-state index in [9.17, 15) is 14.7 Å². The van der Waals surface area contributed by atoms with E-state index in [1.807, 2.05) is 0 Å². The molecule has 0 saturated heterocycles. The summed E-state index contributed by atoms with van der Waals surface area (Å²) in [5.74, 6) is -0.669. The summed E-state index contributed by atoms with van der Waals surface area (Å²) in [5.41, 5.74) is 0. The molecule has 0 saturated carbocycles. The van der Waals surface area contributed by atoms with E-state index in [0.29, 0.717) is 12.8 Å². The molecular formula is C41H68O5. The maximum Gasteiger partial charge on any atom is 0.306 e. The van der Waals surface area contributed by atoms with E-state index < -0.39 is 6.10 Å². The van der Waals surface area contributed by atoms with Crippen molar-refractivity contribution in [3.05, 3.63) is 72.9 Å². The van der Waals surface area contributed by atoms with Crippen LogP contribution in [0, 0.1) is 0 Å². The molecule has 0 aliphatic carbocycles. The number of esters is 2. The molecule has 0 heterocycles. The number of unbranched alkanes of at least 4 members (excludes halogenated alkanes) is 12. The van der Waals surface area contributed by atoms with E-state index in [4.69, 9.17) is 9.47 Å². The smallest absolute Gasteiger partial charge is 0.306 e. The molecule has 0 aromatic heterocycles. The average Bonchev–Trinajstić information content (AvgIpc) is 3.06. The number of hydrogen-bond donors (Lipinski definition) is 1. The zero-order chi connectivity index (χ0) is 33.6. The molecule has 0 fully saturated rings. The van der Waals surface area contributed by atoms with Gasteiger partial charge in [0.05, 0.1) is 6.61 Å². The van der Waals surface area contributed by atoms with E-state index >= 15 is 0 Å². The lowest BCUT2D eigenvalue weighted by Crippen LogP contribution is -2.28. The van der Waals surface area contributed by atoms with E-state index in [1.165, 1.54) is 51.4 Å². The third kappa shape index (κ3) is 34.2. The second-order valence-corrected chi connectivity index (χ2v) is 11.9. The molecule has 0 aliphatic heterocycles. The number of allylic oxidation sites excluding steroid dienone is 12. The van der Waals surface area contributed by atoms with Gasteiger partial charge in [0.25, 0.3) is 0 Å². The molecule has 0 aliphatic rings. The quantitative estimate of drug-likeness (QED) is 0.0450. The molecule has 5 nitrogen and oxygen atoms in total. The van der Waals surface area contributed by atoms with Gasteiger partial charge < -0.3 is 14.6 Å². The second kappa shape index (κ2) is 36.8. The van der Waals surface area contributed by atoms with Crippen LogP contribution < -0.4 is 0 Å². The highest BCUT2D eigenvalue weighted by molar-refractivity contribution is 5.70. The molecule has 0 aromatic carbocycles. The summed E-state index contributed by atoms with van der Waals surface area (Å²) in [6, 6.07) is 0. The predicted octanol–water partition coefficient (Wildman–Crippen LogP) is 11.4. The van der Waals surface area contributed by atoms with Crippen molar-refractivity contribution in [3.63, 3.8) is 0 Å². The molecule has 1 atom stereocenters. The predicted molar refractivity (Wildman–Crippen MR) is 196 cm³/mol. The summed E-state index contributed by atoms with van der Waals surface area (Å²) in [4.78, 5) is 24.2. The third-order valence-corrected chi connectivity index (χ3v) is 7.47. The van der Waals surface area contributed by atoms with Crippen molar-refractivity contribution in [1.29, 1.82) is 0 Å². The Kier molecular flexibility index (Phi) is 34.7. The topological polar surface area (TPSA) is 72.8 Å². The fraction of sp³-hybridized carbons (Fsp3) is 0.659. The molecule has 5 heteroatoms. The first-order chi connectivity index (χ1) is 22.6. The highest BCUT2D eigenvalue weighted by atomic mass is 16.6. The van der Waals surface area contributed by atoms with Crippen molar-refractivity contribution >= 4 is 11.9 Å². The number of carbonyl (C=O) groups is 2. The summed E-state index contributed by atoms with van der Waals surface area (Å²) >= 11 is 0. The average molecular weight is 641 g/mol. The first kappa shape index (κ1) is 43.3. The number of rotatable bonds is 32. The van der Waals surface area contributed by atoms with Crippen LogP contribution in [0.1, 0.15) is 155 Å². The number of hydrogen-bond acceptors (Lipinski definition) is 5. The van der Waals surface area contributed by atoms with Crippen LogP contribution in [0.3, 0.4) is 0 Å². The zero-order valence-electron chi connectivity index (χ0n) is 29.6. The van der Waals surface area contributed by atoms with E-state index in [1.54, 1.807) is 0 Å². The Hall–Kier alpha value is -2.66. The zero-order valence-corrected chi connectivity index (χ0v) is 29.6. The van der Waals surface area contributed by atoms with Gasteiger partial charge in [-0.05, 0) is 89.9 Å². The summed E-state index contributed by atoms with van der Waals surface area (Å²) in [7, 11) is 0. The lowest BCUT2D eigenvalue weighted by Gasteiger charge is -2.15. The molecule has 0 radical (unpaired) electrons. The Morgan fingerprint density at radius 1 is 0.500 bits per heavy atom. The van der Waals surface area contributed by atoms with Crippen molar-refractivity contribution < 1.29 is 24.2 Å². The Balaban J connectivity index is 3.72. The van der Waals surface area contributed by atoms with E-state index in [0.717, 1.165) is 77.0 Å². The van der Waals surface area contributed by atoms with Crippen LogP contribution in [0.2, 0.25) is 0 Å². The van der Waals surface area contributed by atoms with Gasteiger partial charge >= 0.3 is 11.9 Å². The lowest BCUT2D eigenvalue weighted by molar-refractivity contribution is -0.161. The minimum atomic E-state index is -0.801. The van der Waals surface area contributed by atoms with Crippen molar-refractivity contribution in [2.24, 2.45) is 0 Å². The standard InChI is InChI=1S/C41H68O5/c1-3-5-7-9-11-13-15-17-19-20-22-24-26-28-30-32-34-36-41(44)46-39(37-42)38-45-40(43)35-33-31-29-27-25-23-21-18-16-14-12-10-8-6-4-2/h11-14,17-19,21-22,24-25,27,39,42H,3-10,15-16,20,23,26,28-38H2,1-2H3/b13-11-,14-12-,19-17-,21-18-,24-22-,27-25-/t39-/m0/s1. The van der Waals surface area contributed by atoms with Crippen molar-refractivity contribution in [1.82, 2.24) is 0 Å². The third-order valence-electron chi connectivity index (χ3n) is 7.47. The van der Waals surface area contributed by atoms with Gasteiger partial charge in [0.1, 0.15) is 6.61 Å². The summed E-state index contributed by atoms with van der Waals surface area (Å²) in [6.45, 7) is 4.00. The summed E-state index contributed by atoms with van der Waals surface area (Å²) < 4.78 is 10.5. The molecular weight excluding hydrogens is 572 g/mol. The fourth-order valence-corrected chi connectivity index (χ4v) is 4.62. The molecule has 1 N–H and O–H groups in total. The van der Waals surface area contributed by atoms with Crippen LogP contribution in [0.4, 0.5) is 0 Å². The van der Waals surface area contributed by atoms with E-state index in [-0.39, 0.29) is 25.2 Å². The number of aliphatic hydroxyl groups excluding tert-OH is 1. The first-order valence-corrected chi connectivity index (χ1v) is 18.5. The van der Waals surface area contributed by atoms with Gasteiger partial charge in [-0.15, -0.1) is 0 Å². The second-order valence-electron chi connectivity index (χ2n) is 11.9. The minimum Gasteiger partial charge on any atom is -0.462 e. The monoisotopic (exact) mass is 641 g/mol. The Labute approximate surface area is 283 Å². The summed E-state index contributed by atoms with van der Waals surface area (Å²) in [6.07, 6.45) is 48.1. The van der Waals surface area contributed by atoms with Crippen LogP contribution >= 0.6 is 0 Å². The minimum absolute atomic E-state index is 0.0987. The van der Waals surface area contributed by atoms with Gasteiger partial charge in [-0.25, -0.2) is 0 Å². The molecule has 0 bridgehead atoms. The normalized spacial score (nSPS) is 13.0. The van der Waals surface area contributed by atoms with Gasteiger partial charge in [0.15, 0.2) is 6.10 Å². The largest absolute Gasteiger partial charge is 0.462 e. The van der Waals surface area contributed by atoms with Gasteiger partial charge in [-0.1, -0.05) is 125 Å². The maximum absolute atomic E-state index is 12.1. The highest BCUT2D eigenvalue weighted by Gasteiger charge is 2.16. The number of ether oxygens (including phenoxy) is 2. The molecule has 0 amide bonds. The Morgan fingerprint density at radius 3 is 1.33 bits per heavy atom. The van der Waals surface area contributed by atoms with Crippen molar-refractivity contribution in [3.8, 4) is 0 Å². The number of carbonyl (C=O) groups excluding carboxylic acids is 2. The molecule has 262 valence electrons. The van der Waals surface area contributed by atoms with Crippen LogP contribution in [0.5, 0.6) is 0 Å². The summed E-state index contributed by atoms with van der Waals surface area (Å²) in [5, 5.41) is 9.53. The molecule has 0 rings (SSSR count). The molecule has 0 spiro atoms. The van der Waals surface area contributed by atoms with E-state index in [2.05, 4.69) is 86.8 Å². The Morgan fingerprint density at radius 2 is 0.870 bits per heavy atom.